The molecule has 3 nitrogen and oxygen atoms in total. The monoisotopic (exact) mass is 363 g/mol. The Balaban J connectivity index is 1.87. The smallest absolute Gasteiger partial charge is 0.254 e. The second kappa shape index (κ2) is 7.98. The molecule has 3 aromatic rings. The van der Waals surface area contributed by atoms with Gasteiger partial charge in [-0.2, -0.15) is 0 Å². The highest BCUT2D eigenvalue weighted by molar-refractivity contribution is 6.30. The summed E-state index contributed by atoms with van der Waals surface area (Å²) in [4.78, 5) is 27.4. The van der Waals surface area contributed by atoms with Crippen LogP contribution < -0.4 is 0 Å². The van der Waals surface area contributed by atoms with Crippen LogP contribution in [0.1, 0.15) is 31.8 Å². The predicted octanol–water partition coefficient (Wildman–Crippen LogP) is 4.84. The number of hydrogen-bond donors (Lipinski definition) is 0. The quantitative estimate of drug-likeness (QED) is 0.608. The van der Waals surface area contributed by atoms with Gasteiger partial charge in [-0.25, -0.2) is 0 Å². The summed E-state index contributed by atoms with van der Waals surface area (Å²) in [5.41, 5.74) is 2.32. The zero-order valence-electron chi connectivity index (χ0n) is 14.4. The van der Waals surface area contributed by atoms with E-state index < -0.39 is 0 Å². The Labute approximate surface area is 157 Å². The van der Waals surface area contributed by atoms with Gasteiger partial charge in [0.05, 0.1) is 5.56 Å². The van der Waals surface area contributed by atoms with Crippen molar-refractivity contribution in [1.29, 1.82) is 0 Å². The molecule has 4 heteroatoms. The van der Waals surface area contributed by atoms with E-state index in [1.54, 1.807) is 60.5 Å². The number of ketones is 1. The maximum absolute atomic E-state index is 12.9. The average Bonchev–Trinajstić information content (AvgIpc) is 2.68. The summed E-state index contributed by atoms with van der Waals surface area (Å²) in [6.45, 7) is 0.475. The number of benzene rings is 3. The molecular formula is C22H18ClNO2. The second-order valence-corrected chi connectivity index (χ2v) is 6.46. The summed E-state index contributed by atoms with van der Waals surface area (Å²) in [5.74, 6) is -0.384. The molecule has 1 amide bonds. The van der Waals surface area contributed by atoms with Crippen LogP contribution in [0.25, 0.3) is 0 Å². The number of amides is 1. The molecule has 26 heavy (non-hydrogen) atoms. The summed E-state index contributed by atoms with van der Waals surface area (Å²) >= 11 is 5.89. The van der Waals surface area contributed by atoms with E-state index in [1.807, 2.05) is 30.3 Å². The first-order valence-corrected chi connectivity index (χ1v) is 8.63. The third-order valence-electron chi connectivity index (χ3n) is 4.12. The van der Waals surface area contributed by atoms with Crippen molar-refractivity contribution in [2.24, 2.45) is 0 Å². The van der Waals surface area contributed by atoms with Crippen LogP contribution in [0, 0.1) is 0 Å². The van der Waals surface area contributed by atoms with Gasteiger partial charge >= 0.3 is 0 Å². The molecule has 0 aliphatic rings. The first kappa shape index (κ1) is 17.9. The molecular weight excluding hydrogens is 346 g/mol. The van der Waals surface area contributed by atoms with Crippen molar-refractivity contribution in [3.63, 3.8) is 0 Å². The van der Waals surface area contributed by atoms with Gasteiger partial charge in [-0.15, -0.1) is 0 Å². The van der Waals surface area contributed by atoms with E-state index >= 15 is 0 Å². The summed E-state index contributed by atoms with van der Waals surface area (Å²) in [6.07, 6.45) is 0. The third kappa shape index (κ3) is 4.01. The summed E-state index contributed by atoms with van der Waals surface area (Å²) in [5, 5.41) is 0.563. The minimum Gasteiger partial charge on any atom is -0.337 e. The van der Waals surface area contributed by atoms with Crippen LogP contribution >= 0.6 is 11.6 Å². The van der Waals surface area contributed by atoms with E-state index in [0.717, 1.165) is 5.56 Å². The number of rotatable bonds is 5. The van der Waals surface area contributed by atoms with E-state index in [-0.39, 0.29) is 11.7 Å². The molecule has 0 heterocycles. The molecule has 0 unspecified atom stereocenters. The van der Waals surface area contributed by atoms with E-state index in [0.29, 0.717) is 28.3 Å². The van der Waals surface area contributed by atoms with Gasteiger partial charge in [0, 0.05) is 29.7 Å². The van der Waals surface area contributed by atoms with Crippen molar-refractivity contribution in [3.8, 4) is 0 Å². The van der Waals surface area contributed by atoms with Crippen LogP contribution in [-0.4, -0.2) is 23.6 Å². The van der Waals surface area contributed by atoms with Gasteiger partial charge in [0.2, 0.25) is 0 Å². The predicted molar refractivity (Wildman–Crippen MR) is 104 cm³/mol. The molecule has 3 rings (SSSR count). The topological polar surface area (TPSA) is 37.4 Å². The van der Waals surface area contributed by atoms with Gasteiger partial charge in [0.15, 0.2) is 5.78 Å². The van der Waals surface area contributed by atoms with Crippen molar-refractivity contribution in [3.05, 3.63) is 106 Å². The van der Waals surface area contributed by atoms with Crippen LogP contribution in [0.2, 0.25) is 5.02 Å². The normalized spacial score (nSPS) is 10.4. The molecule has 0 aromatic heterocycles. The Hall–Kier alpha value is -2.91. The van der Waals surface area contributed by atoms with Gasteiger partial charge in [-0.1, -0.05) is 60.1 Å². The van der Waals surface area contributed by atoms with Gasteiger partial charge in [0.25, 0.3) is 5.91 Å². The second-order valence-electron chi connectivity index (χ2n) is 6.03. The van der Waals surface area contributed by atoms with Crippen molar-refractivity contribution in [2.45, 2.75) is 6.54 Å². The first-order chi connectivity index (χ1) is 12.6. The van der Waals surface area contributed by atoms with Crippen LogP contribution in [-0.2, 0) is 6.54 Å². The summed E-state index contributed by atoms with van der Waals surface area (Å²) in [7, 11) is 1.73. The number of carbonyl (C=O) groups excluding carboxylic acids is 2. The Morgan fingerprint density at radius 3 is 2.04 bits per heavy atom. The van der Waals surface area contributed by atoms with Gasteiger partial charge in [-0.3, -0.25) is 9.59 Å². The largest absolute Gasteiger partial charge is 0.337 e. The number of halogens is 1. The maximum Gasteiger partial charge on any atom is 0.254 e. The molecule has 0 fully saturated rings. The Morgan fingerprint density at radius 2 is 1.38 bits per heavy atom. The number of nitrogens with zero attached hydrogens (tertiary/aromatic N) is 1. The van der Waals surface area contributed by atoms with Gasteiger partial charge < -0.3 is 4.90 Å². The highest BCUT2D eigenvalue weighted by atomic mass is 35.5. The Bertz CT molecular complexity index is 920. The van der Waals surface area contributed by atoms with E-state index in [1.165, 1.54) is 0 Å². The fourth-order valence-electron chi connectivity index (χ4n) is 2.76. The molecule has 0 aliphatic carbocycles. The van der Waals surface area contributed by atoms with Crippen LogP contribution in [0.4, 0.5) is 0 Å². The van der Waals surface area contributed by atoms with E-state index in [2.05, 4.69) is 0 Å². The van der Waals surface area contributed by atoms with Crippen molar-refractivity contribution < 1.29 is 9.59 Å². The first-order valence-electron chi connectivity index (χ1n) is 8.25. The lowest BCUT2D eigenvalue weighted by molar-refractivity contribution is 0.0780. The zero-order valence-corrected chi connectivity index (χ0v) is 15.1. The molecule has 130 valence electrons. The summed E-state index contributed by atoms with van der Waals surface area (Å²) in [6, 6.07) is 23.3. The molecule has 0 saturated heterocycles. The lowest BCUT2D eigenvalue weighted by Crippen LogP contribution is -2.27. The molecule has 0 aliphatic heterocycles. The molecule has 0 radical (unpaired) electrons. The van der Waals surface area contributed by atoms with Crippen molar-refractivity contribution in [1.82, 2.24) is 4.90 Å². The Kier molecular flexibility index (Phi) is 5.49. The van der Waals surface area contributed by atoms with E-state index in [9.17, 15) is 9.59 Å². The molecule has 0 bridgehead atoms. The summed E-state index contributed by atoms with van der Waals surface area (Å²) < 4.78 is 0. The van der Waals surface area contributed by atoms with Crippen molar-refractivity contribution >= 4 is 23.3 Å². The Morgan fingerprint density at radius 1 is 0.808 bits per heavy atom. The average molecular weight is 364 g/mol. The minimum atomic E-state index is -0.196. The fourth-order valence-corrected chi connectivity index (χ4v) is 2.89. The molecule has 0 N–H and O–H groups in total. The van der Waals surface area contributed by atoms with Crippen LogP contribution in [0.5, 0.6) is 0 Å². The maximum atomic E-state index is 12.9. The lowest BCUT2D eigenvalue weighted by atomic mass is 9.97. The molecule has 0 saturated carbocycles. The van der Waals surface area contributed by atoms with E-state index in [4.69, 9.17) is 11.6 Å². The lowest BCUT2D eigenvalue weighted by Gasteiger charge is -2.19. The highest BCUT2D eigenvalue weighted by Gasteiger charge is 2.20. The van der Waals surface area contributed by atoms with Crippen LogP contribution in [0.15, 0.2) is 78.9 Å². The standard InChI is InChI=1S/C22H18ClNO2/c1-24(15-16-7-3-2-4-8-16)22(26)20-10-6-5-9-19(20)21(25)17-11-13-18(23)14-12-17/h2-14H,15H2,1H3. The molecule has 0 spiro atoms. The van der Waals surface area contributed by atoms with Crippen molar-refractivity contribution in [2.75, 3.05) is 7.05 Å². The fraction of sp³-hybridized carbons (Fsp3) is 0.0909. The van der Waals surface area contributed by atoms with Gasteiger partial charge in [-0.05, 0) is 35.9 Å². The zero-order chi connectivity index (χ0) is 18.5. The molecule has 0 atom stereocenters. The third-order valence-corrected chi connectivity index (χ3v) is 4.37. The highest BCUT2D eigenvalue weighted by Crippen LogP contribution is 2.19. The minimum absolute atomic E-state index is 0.188. The molecule has 3 aromatic carbocycles. The van der Waals surface area contributed by atoms with Crippen LogP contribution in [0.3, 0.4) is 0 Å². The van der Waals surface area contributed by atoms with Gasteiger partial charge in [0.1, 0.15) is 0 Å². The number of carbonyl (C=O) groups is 2. The SMILES string of the molecule is CN(Cc1ccccc1)C(=O)c1ccccc1C(=O)c1ccc(Cl)cc1. The number of hydrogen-bond acceptors (Lipinski definition) is 2.